The van der Waals surface area contributed by atoms with E-state index in [0.717, 1.165) is 57.3 Å². The second kappa shape index (κ2) is 9.86. The molecule has 1 N–H and O–H groups in total. The minimum absolute atomic E-state index is 0. The number of nitrogens with zero attached hydrogens (tertiary/aromatic N) is 1. The molecule has 2 rings (SSSR count). The van der Waals surface area contributed by atoms with E-state index < -0.39 is 0 Å². The molecule has 0 atom stereocenters. The molecule has 0 radical (unpaired) electrons. The molecule has 1 saturated heterocycles. The Bertz CT molecular complexity index is 441. The number of carbonyl (C=O) groups excluding carboxylic acids is 1. The Morgan fingerprint density at radius 2 is 1.77 bits per heavy atom. The monoisotopic (exact) mass is 324 g/mol. The Morgan fingerprint density at radius 3 is 2.32 bits per heavy atom. The second-order valence-electron chi connectivity index (χ2n) is 5.93. The van der Waals surface area contributed by atoms with E-state index in [0.29, 0.717) is 6.04 Å². The van der Waals surface area contributed by atoms with Crippen LogP contribution in [0, 0.1) is 0 Å². The quantitative estimate of drug-likeness (QED) is 0.866. The lowest BCUT2D eigenvalue weighted by molar-refractivity contribution is 0.0642. The van der Waals surface area contributed by atoms with Crippen LogP contribution in [0.1, 0.15) is 55.5 Å². The lowest BCUT2D eigenvalue weighted by Crippen LogP contribution is -2.46. The standard InChI is InChI=1S/C18H28N2O.ClH/c1-3-5-15-6-8-16(9-7-15)18(21)20(14-4-2)17-10-12-19-13-11-17;/h6-9,17,19H,3-5,10-14H2,1-2H3;1H. The molecule has 1 aliphatic rings. The highest BCUT2D eigenvalue weighted by Gasteiger charge is 2.25. The van der Waals surface area contributed by atoms with Crippen molar-refractivity contribution in [3.05, 3.63) is 35.4 Å². The number of benzene rings is 1. The molecule has 1 fully saturated rings. The van der Waals surface area contributed by atoms with E-state index in [9.17, 15) is 4.79 Å². The van der Waals surface area contributed by atoms with Gasteiger partial charge < -0.3 is 10.2 Å². The molecule has 22 heavy (non-hydrogen) atoms. The number of piperidine rings is 1. The van der Waals surface area contributed by atoms with Crippen molar-refractivity contribution in [1.82, 2.24) is 10.2 Å². The van der Waals surface area contributed by atoms with Crippen LogP contribution in [-0.2, 0) is 6.42 Å². The smallest absolute Gasteiger partial charge is 0.254 e. The topological polar surface area (TPSA) is 32.3 Å². The highest BCUT2D eigenvalue weighted by Crippen LogP contribution is 2.17. The molecule has 1 aliphatic heterocycles. The van der Waals surface area contributed by atoms with Crippen molar-refractivity contribution in [2.24, 2.45) is 0 Å². The van der Waals surface area contributed by atoms with Gasteiger partial charge in [0.15, 0.2) is 0 Å². The highest BCUT2D eigenvalue weighted by atomic mass is 35.5. The summed E-state index contributed by atoms with van der Waals surface area (Å²) < 4.78 is 0. The molecule has 3 nitrogen and oxygen atoms in total. The fraction of sp³-hybridized carbons (Fsp3) is 0.611. The van der Waals surface area contributed by atoms with E-state index >= 15 is 0 Å². The van der Waals surface area contributed by atoms with Crippen molar-refractivity contribution < 1.29 is 4.79 Å². The predicted molar refractivity (Wildman–Crippen MR) is 94.9 cm³/mol. The third-order valence-electron chi connectivity index (χ3n) is 4.21. The average Bonchev–Trinajstić information content (AvgIpc) is 2.54. The molecule has 0 unspecified atom stereocenters. The van der Waals surface area contributed by atoms with Crippen molar-refractivity contribution in [3.63, 3.8) is 0 Å². The Labute approximate surface area is 140 Å². The van der Waals surface area contributed by atoms with Gasteiger partial charge in [-0.25, -0.2) is 0 Å². The van der Waals surface area contributed by atoms with Gasteiger partial charge in [-0.15, -0.1) is 12.4 Å². The fourth-order valence-electron chi connectivity index (χ4n) is 3.08. The summed E-state index contributed by atoms with van der Waals surface area (Å²) >= 11 is 0. The lowest BCUT2D eigenvalue weighted by atomic mass is 10.0. The average molecular weight is 325 g/mol. The van der Waals surface area contributed by atoms with Crippen LogP contribution in [0.2, 0.25) is 0 Å². The van der Waals surface area contributed by atoms with Crippen LogP contribution in [0.15, 0.2) is 24.3 Å². The maximum Gasteiger partial charge on any atom is 0.254 e. The Kier molecular flexibility index (Phi) is 8.51. The number of amides is 1. The van der Waals surface area contributed by atoms with Gasteiger partial charge in [-0.1, -0.05) is 32.4 Å². The third kappa shape index (κ3) is 4.99. The zero-order valence-electron chi connectivity index (χ0n) is 13.8. The number of halogens is 1. The van der Waals surface area contributed by atoms with Crippen molar-refractivity contribution >= 4 is 18.3 Å². The summed E-state index contributed by atoms with van der Waals surface area (Å²) in [6.07, 6.45) is 5.38. The van der Waals surface area contributed by atoms with Crippen LogP contribution >= 0.6 is 12.4 Å². The number of nitrogens with one attached hydrogen (secondary N) is 1. The summed E-state index contributed by atoms with van der Waals surface area (Å²) in [6, 6.07) is 8.59. The van der Waals surface area contributed by atoms with Crippen LogP contribution in [0.3, 0.4) is 0 Å². The molecular weight excluding hydrogens is 296 g/mol. The van der Waals surface area contributed by atoms with Gasteiger partial charge in [0.25, 0.3) is 5.91 Å². The maximum absolute atomic E-state index is 12.8. The van der Waals surface area contributed by atoms with Crippen molar-refractivity contribution in [2.75, 3.05) is 19.6 Å². The van der Waals surface area contributed by atoms with Crippen LogP contribution in [0.5, 0.6) is 0 Å². The zero-order chi connectivity index (χ0) is 15.1. The van der Waals surface area contributed by atoms with Crippen LogP contribution < -0.4 is 5.32 Å². The first-order valence-corrected chi connectivity index (χ1v) is 8.36. The first kappa shape index (κ1) is 19.0. The summed E-state index contributed by atoms with van der Waals surface area (Å²) in [5.74, 6) is 0.201. The molecule has 0 aromatic heterocycles. The molecule has 4 heteroatoms. The van der Waals surface area contributed by atoms with Gasteiger partial charge in [-0.3, -0.25) is 4.79 Å². The maximum atomic E-state index is 12.8. The van der Waals surface area contributed by atoms with Crippen LogP contribution in [-0.4, -0.2) is 36.5 Å². The SMILES string of the molecule is CCCc1ccc(C(=O)N(CCC)C2CCNCC2)cc1.Cl. The number of hydrogen-bond acceptors (Lipinski definition) is 2. The van der Waals surface area contributed by atoms with E-state index in [1.807, 2.05) is 12.1 Å². The summed E-state index contributed by atoms with van der Waals surface area (Å²) in [6.45, 7) is 7.23. The second-order valence-corrected chi connectivity index (χ2v) is 5.93. The first-order valence-electron chi connectivity index (χ1n) is 8.36. The van der Waals surface area contributed by atoms with Gasteiger partial charge in [-0.05, 0) is 56.5 Å². The largest absolute Gasteiger partial charge is 0.336 e. The third-order valence-corrected chi connectivity index (χ3v) is 4.21. The van der Waals surface area contributed by atoms with Gasteiger partial charge >= 0.3 is 0 Å². The fourth-order valence-corrected chi connectivity index (χ4v) is 3.08. The van der Waals surface area contributed by atoms with E-state index in [2.05, 4.69) is 36.2 Å². The van der Waals surface area contributed by atoms with Gasteiger partial charge in [0.05, 0.1) is 0 Å². The molecular formula is C18H29ClN2O. The molecule has 0 spiro atoms. The summed E-state index contributed by atoms with van der Waals surface area (Å²) in [5, 5.41) is 3.37. The minimum atomic E-state index is 0. The molecule has 0 saturated carbocycles. The Morgan fingerprint density at radius 1 is 1.14 bits per heavy atom. The number of hydrogen-bond donors (Lipinski definition) is 1. The lowest BCUT2D eigenvalue weighted by Gasteiger charge is -2.34. The van der Waals surface area contributed by atoms with E-state index in [-0.39, 0.29) is 18.3 Å². The normalized spacial score (nSPS) is 15.2. The van der Waals surface area contributed by atoms with E-state index in [1.54, 1.807) is 0 Å². The van der Waals surface area contributed by atoms with Gasteiger partial charge in [0.2, 0.25) is 0 Å². The van der Waals surface area contributed by atoms with Crippen molar-refractivity contribution in [3.8, 4) is 0 Å². The molecule has 1 aromatic rings. The zero-order valence-corrected chi connectivity index (χ0v) is 14.6. The first-order chi connectivity index (χ1) is 10.3. The summed E-state index contributed by atoms with van der Waals surface area (Å²) in [4.78, 5) is 14.9. The van der Waals surface area contributed by atoms with E-state index in [4.69, 9.17) is 0 Å². The Hall–Kier alpha value is -1.06. The predicted octanol–water partition coefficient (Wildman–Crippen LogP) is 3.67. The summed E-state index contributed by atoms with van der Waals surface area (Å²) in [7, 11) is 0. The van der Waals surface area contributed by atoms with Gasteiger partial charge in [-0.2, -0.15) is 0 Å². The van der Waals surface area contributed by atoms with Crippen LogP contribution in [0.25, 0.3) is 0 Å². The molecule has 1 amide bonds. The summed E-state index contributed by atoms with van der Waals surface area (Å²) in [5.41, 5.74) is 2.15. The van der Waals surface area contributed by atoms with Gasteiger partial charge in [0, 0.05) is 18.2 Å². The molecule has 0 aliphatic carbocycles. The van der Waals surface area contributed by atoms with Gasteiger partial charge in [0.1, 0.15) is 0 Å². The number of rotatable bonds is 6. The Balaban J connectivity index is 0.00000242. The molecule has 1 heterocycles. The molecule has 0 bridgehead atoms. The highest BCUT2D eigenvalue weighted by molar-refractivity contribution is 5.94. The number of aryl methyl sites for hydroxylation is 1. The van der Waals surface area contributed by atoms with Crippen LogP contribution in [0.4, 0.5) is 0 Å². The van der Waals surface area contributed by atoms with Crippen molar-refractivity contribution in [1.29, 1.82) is 0 Å². The molecule has 124 valence electrons. The minimum Gasteiger partial charge on any atom is -0.336 e. The number of carbonyl (C=O) groups is 1. The van der Waals surface area contributed by atoms with E-state index in [1.165, 1.54) is 5.56 Å². The van der Waals surface area contributed by atoms with Crippen molar-refractivity contribution in [2.45, 2.75) is 52.0 Å². The molecule has 1 aromatic carbocycles.